The Bertz CT molecular complexity index is 846. The summed E-state index contributed by atoms with van der Waals surface area (Å²) in [4.78, 5) is 29.4. The predicted octanol–water partition coefficient (Wildman–Crippen LogP) is 1.27. The minimum atomic E-state index is -1.11. The number of anilines is 1. The lowest BCUT2D eigenvalue weighted by atomic mass is 10.1. The van der Waals surface area contributed by atoms with Gasteiger partial charge in [-0.3, -0.25) is 9.69 Å². The number of pyridine rings is 1. The monoisotopic (exact) mass is 327 g/mol. The van der Waals surface area contributed by atoms with Crippen molar-refractivity contribution in [3.63, 3.8) is 0 Å². The summed E-state index contributed by atoms with van der Waals surface area (Å²) in [5.41, 5.74) is 1.72. The number of carbonyl (C=O) groups excluding carboxylic acids is 1. The molecule has 0 spiro atoms. The second-order valence-corrected chi connectivity index (χ2v) is 6.53. The van der Waals surface area contributed by atoms with Gasteiger partial charge in [-0.2, -0.15) is 0 Å². The number of carboxylic acid groups (broad SMARTS) is 1. The molecule has 1 aliphatic carbocycles. The predicted molar refractivity (Wildman–Crippen MR) is 83.7 cm³/mol. The number of amides is 1. The van der Waals surface area contributed by atoms with E-state index < -0.39 is 5.97 Å². The third-order valence-electron chi connectivity index (χ3n) is 4.86. The molecule has 3 atom stereocenters. The van der Waals surface area contributed by atoms with Gasteiger partial charge in [-0.05, 0) is 43.4 Å². The number of hydrogen-bond acceptors (Lipinski definition) is 5. The minimum Gasteiger partial charge on any atom is -0.476 e. The maximum absolute atomic E-state index is 12.2. The smallest absolute Gasteiger partial charge is 0.358 e. The van der Waals surface area contributed by atoms with Gasteiger partial charge in [0.1, 0.15) is 5.82 Å². The first-order valence-electron chi connectivity index (χ1n) is 7.88. The Morgan fingerprint density at radius 1 is 1.46 bits per heavy atom. The second kappa shape index (κ2) is 5.12. The van der Waals surface area contributed by atoms with Crippen molar-refractivity contribution in [3.05, 3.63) is 35.3 Å². The van der Waals surface area contributed by atoms with Crippen LogP contribution < -0.4 is 4.90 Å². The van der Waals surface area contributed by atoms with Crippen LogP contribution in [0.3, 0.4) is 0 Å². The highest BCUT2D eigenvalue weighted by Gasteiger charge is 2.53. The lowest BCUT2D eigenvalue weighted by Crippen LogP contribution is -2.29. The first-order valence-corrected chi connectivity index (χ1v) is 7.88. The second-order valence-electron chi connectivity index (χ2n) is 6.53. The molecule has 124 valence electrons. The van der Waals surface area contributed by atoms with E-state index >= 15 is 0 Å². The number of nitrogens with zero attached hydrogens (tertiary/aromatic N) is 5. The van der Waals surface area contributed by atoms with Gasteiger partial charge in [-0.1, -0.05) is 5.21 Å². The Morgan fingerprint density at radius 2 is 2.25 bits per heavy atom. The molecule has 8 nitrogen and oxygen atoms in total. The summed E-state index contributed by atoms with van der Waals surface area (Å²) in [6, 6.07) is 1.76. The lowest BCUT2D eigenvalue weighted by molar-refractivity contribution is -0.118. The number of piperidine rings is 1. The molecule has 2 fully saturated rings. The lowest BCUT2D eigenvalue weighted by Gasteiger charge is -2.21. The maximum atomic E-state index is 12.2. The normalized spacial score (nSPS) is 23.2. The van der Waals surface area contributed by atoms with Gasteiger partial charge >= 0.3 is 5.97 Å². The van der Waals surface area contributed by atoms with Crippen molar-refractivity contribution >= 4 is 17.7 Å². The molecule has 2 aromatic rings. The minimum absolute atomic E-state index is 0.0926. The van der Waals surface area contributed by atoms with Gasteiger partial charge < -0.3 is 5.11 Å². The van der Waals surface area contributed by atoms with E-state index in [2.05, 4.69) is 15.3 Å². The van der Waals surface area contributed by atoms with Gasteiger partial charge in [0.05, 0.1) is 12.2 Å². The third kappa shape index (κ3) is 2.26. The highest BCUT2D eigenvalue weighted by atomic mass is 16.4. The molecule has 2 aromatic heterocycles. The Balaban J connectivity index is 1.59. The van der Waals surface area contributed by atoms with Crippen LogP contribution in [-0.2, 0) is 4.79 Å². The summed E-state index contributed by atoms with van der Waals surface area (Å²) >= 11 is 0. The molecule has 1 aliphatic heterocycles. The van der Waals surface area contributed by atoms with Gasteiger partial charge in [0.2, 0.25) is 5.91 Å². The fourth-order valence-corrected chi connectivity index (χ4v) is 3.28. The SMILES string of the molecule is Cc1cc(C(C)n2cc(C(=O)O)nn2)cnc1N1C[C@H]2C[C@H]2C1=O. The highest BCUT2D eigenvalue weighted by Crippen LogP contribution is 2.47. The van der Waals surface area contributed by atoms with E-state index in [1.165, 1.54) is 10.9 Å². The Kier molecular flexibility index (Phi) is 3.16. The fraction of sp³-hybridized carbons (Fsp3) is 0.438. The van der Waals surface area contributed by atoms with Gasteiger partial charge in [0.25, 0.3) is 0 Å². The molecular formula is C16H17N5O3. The van der Waals surface area contributed by atoms with Crippen LogP contribution in [0.5, 0.6) is 0 Å². The van der Waals surface area contributed by atoms with E-state index in [-0.39, 0.29) is 23.6 Å². The Labute approximate surface area is 138 Å². The standard InChI is InChI=1S/C16H17N5O3/c1-8-3-10(9(2)21-7-13(16(23)24)18-19-21)5-17-14(8)20-6-11-4-12(11)15(20)22/h3,5,7,9,11-12H,4,6H2,1-2H3,(H,23,24)/t9?,11-,12-/m1/s1. The van der Waals surface area contributed by atoms with Crippen molar-refractivity contribution in [2.24, 2.45) is 11.8 Å². The number of fused-ring (bicyclic) bond motifs is 1. The van der Waals surface area contributed by atoms with E-state index in [0.29, 0.717) is 11.7 Å². The largest absolute Gasteiger partial charge is 0.476 e. The van der Waals surface area contributed by atoms with Crippen LogP contribution in [0.4, 0.5) is 5.82 Å². The number of aryl methyl sites for hydroxylation is 1. The van der Waals surface area contributed by atoms with Crippen LogP contribution in [0.2, 0.25) is 0 Å². The van der Waals surface area contributed by atoms with E-state index in [4.69, 9.17) is 5.11 Å². The number of rotatable bonds is 4. The average Bonchev–Trinajstić information content (AvgIpc) is 3.01. The molecule has 1 amide bonds. The van der Waals surface area contributed by atoms with E-state index in [9.17, 15) is 9.59 Å². The molecule has 1 saturated carbocycles. The van der Waals surface area contributed by atoms with Gasteiger partial charge in [-0.15, -0.1) is 5.10 Å². The average molecular weight is 327 g/mol. The molecule has 0 radical (unpaired) electrons. The summed E-state index contributed by atoms with van der Waals surface area (Å²) in [7, 11) is 0. The van der Waals surface area contributed by atoms with Gasteiger partial charge in [0, 0.05) is 18.7 Å². The Hall–Kier alpha value is -2.77. The maximum Gasteiger partial charge on any atom is 0.358 e. The first-order chi connectivity index (χ1) is 11.5. The highest BCUT2D eigenvalue weighted by molar-refractivity contribution is 5.99. The number of carboxylic acids is 1. The molecule has 8 heteroatoms. The van der Waals surface area contributed by atoms with Crippen molar-refractivity contribution in [2.45, 2.75) is 26.3 Å². The molecule has 2 aliphatic rings. The zero-order valence-electron chi connectivity index (χ0n) is 13.4. The number of carbonyl (C=O) groups is 2. The van der Waals surface area contributed by atoms with Crippen molar-refractivity contribution in [1.82, 2.24) is 20.0 Å². The molecule has 1 saturated heterocycles. The number of aromatic nitrogens is 4. The summed E-state index contributed by atoms with van der Waals surface area (Å²) in [6.45, 7) is 4.59. The molecule has 0 bridgehead atoms. The van der Waals surface area contributed by atoms with Crippen LogP contribution in [-0.4, -0.2) is 43.5 Å². The third-order valence-corrected chi connectivity index (χ3v) is 4.86. The summed E-state index contributed by atoms with van der Waals surface area (Å²) in [6.07, 6.45) is 4.13. The topological polar surface area (TPSA) is 101 Å². The van der Waals surface area contributed by atoms with E-state index in [0.717, 1.165) is 24.1 Å². The molecular weight excluding hydrogens is 310 g/mol. The van der Waals surface area contributed by atoms with Gasteiger partial charge in [-0.25, -0.2) is 14.5 Å². The van der Waals surface area contributed by atoms with Crippen LogP contribution in [0, 0.1) is 18.8 Å². The molecule has 0 aromatic carbocycles. The molecule has 3 heterocycles. The van der Waals surface area contributed by atoms with Crippen LogP contribution >= 0.6 is 0 Å². The Morgan fingerprint density at radius 3 is 2.83 bits per heavy atom. The van der Waals surface area contributed by atoms with Crippen LogP contribution in [0.1, 0.15) is 41.0 Å². The molecule has 24 heavy (non-hydrogen) atoms. The zero-order valence-corrected chi connectivity index (χ0v) is 13.4. The van der Waals surface area contributed by atoms with E-state index in [1.54, 1.807) is 11.1 Å². The zero-order chi connectivity index (χ0) is 17.0. The quantitative estimate of drug-likeness (QED) is 0.907. The van der Waals surface area contributed by atoms with Crippen LogP contribution in [0.15, 0.2) is 18.5 Å². The van der Waals surface area contributed by atoms with Crippen LogP contribution in [0.25, 0.3) is 0 Å². The first kappa shape index (κ1) is 14.8. The summed E-state index contributed by atoms with van der Waals surface area (Å²) in [5, 5.41) is 16.4. The van der Waals surface area contributed by atoms with Crippen molar-refractivity contribution in [3.8, 4) is 0 Å². The van der Waals surface area contributed by atoms with Crippen molar-refractivity contribution in [2.75, 3.05) is 11.4 Å². The van der Waals surface area contributed by atoms with E-state index in [1.807, 2.05) is 19.9 Å². The van der Waals surface area contributed by atoms with Crippen molar-refractivity contribution in [1.29, 1.82) is 0 Å². The van der Waals surface area contributed by atoms with Gasteiger partial charge in [0.15, 0.2) is 5.69 Å². The molecule has 1 unspecified atom stereocenters. The molecule has 4 rings (SSSR count). The summed E-state index contributed by atoms with van der Waals surface area (Å²) in [5.74, 6) is 0.493. The molecule has 1 N–H and O–H groups in total. The fourth-order valence-electron chi connectivity index (χ4n) is 3.28. The number of hydrogen-bond donors (Lipinski definition) is 1. The summed E-state index contributed by atoms with van der Waals surface area (Å²) < 4.78 is 1.50. The number of aromatic carboxylic acids is 1. The van der Waals surface area contributed by atoms with Crippen molar-refractivity contribution < 1.29 is 14.7 Å².